The topological polar surface area (TPSA) is 79.0 Å². The van der Waals surface area contributed by atoms with Gasteiger partial charge in [-0.1, -0.05) is 24.3 Å². The lowest BCUT2D eigenvalue weighted by Crippen LogP contribution is -2.25. The van der Waals surface area contributed by atoms with Gasteiger partial charge in [0, 0.05) is 34.9 Å². The van der Waals surface area contributed by atoms with Crippen LogP contribution in [0, 0.1) is 28.7 Å². The number of benzene rings is 4. The van der Waals surface area contributed by atoms with E-state index in [-0.39, 0.29) is 17.7 Å². The van der Waals surface area contributed by atoms with Crippen LogP contribution in [0.1, 0.15) is 43.7 Å². The van der Waals surface area contributed by atoms with Gasteiger partial charge >= 0.3 is 0 Å². The molecule has 0 spiro atoms. The second kappa shape index (κ2) is 9.54. The van der Waals surface area contributed by atoms with Crippen LogP contribution < -0.4 is 11.1 Å². The van der Waals surface area contributed by atoms with E-state index in [1.54, 1.807) is 12.1 Å². The Labute approximate surface area is 210 Å². The molecule has 0 atom stereocenters. The standard InChI is InChI=1S/C29H21F4N3O/c30-22-5-6-23(27(33)13-22)17-3-1-15-7-16-2-4-18(9-20(16)10-19(15)8-17)29(37)36-14-24-25(31)11-21(28(34)35)12-26(24)32/h1-6,8-9,11-13H,7,10,14H2,(H3,34,35)(H,36,37). The fraction of sp³-hybridized carbons (Fsp3) is 0.103. The van der Waals surface area contributed by atoms with E-state index in [1.165, 1.54) is 12.1 Å². The van der Waals surface area contributed by atoms with Crippen molar-refractivity contribution in [3.63, 3.8) is 0 Å². The Morgan fingerprint density at radius 2 is 1.41 bits per heavy atom. The van der Waals surface area contributed by atoms with Crippen molar-refractivity contribution in [2.45, 2.75) is 19.4 Å². The molecule has 4 N–H and O–H groups in total. The molecule has 0 fully saturated rings. The summed E-state index contributed by atoms with van der Waals surface area (Å²) in [6, 6.07) is 16.2. The Balaban J connectivity index is 1.34. The zero-order chi connectivity index (χ0) is 26.3. The third kappa shape index (κ3) is 4.82. The second-order valence-electron chi connectivity index (χ2n) is 8.96. The minimum absolute atomic E-state index is 0.0784. The van der Waals surface area contributed by atoms with E-state index < -0.39 is 35.0 Å². The monoisotopic (exact) mass is 503 g/mol. The molecule has 0 unspecified atom stereocenters. The Morgan fingerprint density at radius 1 is 0.757 bits per heavy atom. The first-order valence-corrected chi connectivity index (χ1v) is 11.5. The van der Waals surface area contributed by atoms with Crippen molar-refractivity contribution in [1.29, 1.82) is 5.41 Å². The summed E-state index contributed by atoms with van der Waals surface area (Å²) in [5.74, 6) is -4.04. The molecule has 5 rings (SSSR count). The van der Waals surface area contributed by atoms with Crippen LogP contribution in [-0.4, -0.2) is 11.7 Å². The molecular formula is C29H21F4N3O. The summed E-state index contributed by atoms with van der Waals surface area (Å²) >= 11 is 0. The number of nitrogens with two attached hydrogens (primary N) is 1. The smallest absolute Gasteiger partial charge is 0.251 e. The molecule has 0 heterocycles. The molecule has 0 aromatic heterocycles. The van der Waals surface area contributed by atoms with Crippen LogP contribution in [0.5, 0.6) is 0 Å². The molecule has 1 aliphatic rings. The molecule has 37 heavy (non-hydrogen) atoms. The van der Waals surface area contributed by atoms with Gasteiger partial charge in [0.2, 0.25) is 0 Å². The molecular weight excluding hydrogens is 482 g/mol. The van der Waals surface area contributed by atoms with Crippen LogP contribution in [0.2, 0.25) is 0 Å². The fourth-order valence-corrected chi connectivity index (χ4v) is 4.57. The normalized spacial score (nSPS) is 12.0. The van der Waals surface area contributed by atoms with Crippen LogP contribution in [0.25, 0.3) is 11.1 Å². The van der Waals surface area contributed by atoms with E-state index >= 15 is 0 Å². The van der Waals surface area contributed by atoms with Gasteiger partial charge in [0.15, 0.2) is 0 Å². The highest BCUT2D eigenvalue weighted by molar-refractivity contribution is 5.95. The average Bonchev–Trinajstić information content (AvgIpc) is 2.86. The van der Waals surface area contributed by atoms with Crippen LogP contribution in [0.3, 0.4) is 0 Å². The predicted molar refractivity (Wildman–Crippen MR) is 132 cm³/mol. The van der Waals surface area contributed by atoms with E-state index in [1.807, 2.05) is 24.3 Å². The molecule has 1 amide bonds. The summed E-state index contributed by atoms with van der Waals surface area (Å²) in [6.07, 6.45) is 1.15. The van der Waals surface area contributed by atoms with E-state index in [2.05, 4.69) is 5.32 Å². The lowest BCUT2D eigenvalue weighted by Gasteiger charge is -2.21. The third-order valence-corrected chi connectivity index (χ3v) is 6.56. The summed E-state index contributed by atoms with van der Waals surface area (Å²) in [6.45, 7) is -0.374. The average molecular weight is 503 g/mol. The number of nitrogens with one attached hydrogen (secondary N) is 2. The lowest BCUT2D eigenvalue weighted by molar-refractivity contribution is 0.0950. The van der Waals surface area contributed by atoms with Crippen molar-refractivity contribution in [1.82, 2.24) is 5.32 Å². The first-order valence-electron chi connectivity index (χ1n) is 11.5. The molecule has 0 radical (unpaired) electrons. The Bertz CT molecular complexity index is 1560. The first kappa shape index (κ1) is 24.2. The maximum atomic E-state index is 14.3. The maximum absolute atomic E-state index is 14.3. The van der Waals surface area contributed by atoms with Crippen LogP contribution in [0.4, 0.5) is 17.6 Å². The molecule has 0 bridgehead atoms. The van der Waals surface area contributed by atoms with E-state index in [0.29, 0.717) is 29.5 Å². The summed E-state index contributed by atoms with van der Waals surface area (Å²) in [7, 11) is 0. The number of halogens is 4. The zero-order valence-electron chi connectivity index (χ0n) is 19.5. The van der Waals surface area contributed by atoms with Crippen LogP contribution >= 0.6 is 0 Å². The number of carbonyl (C=O) groups excluding carboxylic acids is 1. The van der Waals surface area contributed by atoms with Gasteiger partial charge < -0.3 is 11.1 Å². The fourth-order valence-electron chi connectivity index (χ4n) is 4.57. The van der Waals surface area contributed by atoms with Crippen molar-refractivity contribution in [2.24, 2.45) is 5.73 Å². The molecule has 186 valence electrons. The van der Waals surface area contributed by atoms with Crippen LogP contribution in [0.15, 0.2) is 66.7 Å². The van der Waals surface area contributed by atoms with E-state index in [9.17, 15) is 22.4 Å². The Hall–Kier alpha value is -4.46. The number of rotatable bonds is 5. The lowest BCUT2D eigenvalue weighted by atomic mass is 9.83. The number of amidine groups is 1. The molecule has 4 nitrogen and oxygen atoms in total. The van der Waals surface area contributed by atoms with Gasteiger partial charge in [0.25, 0.3) is 5.91 Å². The van der Waals surface area contributed by atoms with Gasteiger partial charge in [-0.15, -0.1) is 0 Å². The minimum Gasteiger partial charge on any atom is -0.384 e. The molecule has 4 aromatic carbocycles. The van der Waals surface area contributed by atoms with Crippen molar-refractivity contribution in [3.8, 4) is 11.1 Å². The number of carbonyl (C=O) groups is 1. The van der Waals surface area contributed by atoms with E-state index in [4.69, 9.17) is 11.1 Å². The summed E-state index contributed by atoms with van der Waals surface area (Å²) in [5, 5.41) is 9.86. The Morgan fingerprint density at radius 3 is 2.08 bits per heavy atom. The number of hydrogen-bond donors (Lipinski definition) is 3. The number of hydrogen-bond acceptors (Lipinski definition) is 2. The number of nitrogen functional groups attached to an aromatic ring is 1. The largest absolute Gasteiger partial charge is 0.384 e. The van der Waals surface area contributed by atoms with Gasteiger partial charge in [-0.2, -0.15) is 0 Å². The SMILES string of the molecule is N=C(N)c1cc(F)c(CNC(=O)c2ccc3c(c2)Cc2cc(-c4ccc(F)cc4F)ccc2C3)c(F)c1. The van der Waals surface area contributed by atoms with Gasteiger partial charge in [0.1, 0.15) is 29.1 Å². The minimum atomic E-state index is -0.902. The van der Waals surface area contributed by atoms with Crippen molar-refractivity contribution >= 4 is 11.7 Å². The molecule has 0 saturated heterocycles. The molecule has 0 saturated carbocycles. The van der Waals surface area contributed by atoms with Gasteiger partial charge in [0.05, 0.1) is 0 Å². The summed E-state index contributed by atoms with van der Waals surface area (Å²) < 4.78 is 56.2. The quantitative estimate of drug-likeness (QED) is 0.165. The van der Waals surface area contributed by atoms with Crippen molar-refractivity contribution < 1.29 is 22.4 Å². The van der Waals surface area contributed by atoms with Gasteiger partial charge in [-0.05, 0) is 77.1 Å². The number of amides is 1. The maximum Gasteiger partial charge on any atom is 0.251 e. The predicted octanol–water partition coefficient (Wildman–Crippen LogP) is 5.62. The molecule has 1 aliphatic carbocycles. The molecule has 0 aliphatic heterocycles. The third-order valence-electron chi connectivity index (χ3n) is 6.56. The highest BCUT2D eigenvalue weighted by Crippen LogP contribution is 2.32. The highest BCUT2D eigenvalue weighted by Gasteiger charge is 2.20. The van der Waals surface area contributed by atoms with Crippen LogP contribution in [-0.2, 0) is 19.4 Å². The number of fused-ring (bicyclic) bond motifs is 2. The van der Waals surface area contributed by atoms with Crippen molar-refractivity contribution in [2.75, 3.05) is 0 Å². The summed E-state index contributed by atoms with van der Waals surface area (Å²) in [5.41, 5.74) is 10.2. The summed E-state index contributed by atoms with van der Waals surface area (Å²) in [4.78, 5) is 12.8. The van der Waals surface area contributed by atoms with Gasteiger partial charge in [-0.25, -0.2) is 17.6 Å². The second-order valence-corrected chi connectivity index (χ2v) is 8.96. The van der Waals surface area contributed by atoms with Crippen molar-refractivity contribution in [3.05, 3.63) is 129 Å². The highest BCUT2D eigenvalue weighted by atomic mass is 19.1. The molecule has 4 aromatic rings. The van der Waals surface area contributed by atoms with Gasteiger partial charge in [-0.3, -0.25) is 10.2 Å². The zero-order valence-corrected chi connectivity index (χ0v) is 19.5. The Kier molecular flexibility index (Phi) is 6.25. The molecule has 8 heteroatoms. The first-order chi connectivity index (χ1) is 17.7. The van der Waals surface area contributed by atoms with E-state index in [0.717, 1.165) is 40.5 Å².